The summed E-state index contributed by atoms with van der Waals surface area (Å²) in [4.78, 5) is 0.0972. The molecule has 0 atom stereocenters. The maximum absolute atomic E-state index is 11.9. The van der Waals surface area contributed by atoms with E-state index in [0.29, 0.717) is 24.5 Å². The Morgan fingerprint density at radius 1 is 1.35 bits per heavy atom. The van der Waals surface area contributed by atoms with E-state index in [2.05, 4.69) is 5.32 Å². The zero-order chi connectivity index (χ0) is 12.9. The highest BCUT2D eigenvalue weighted by atomic mass is 32.2. The van der Waals surface area contributed by atoms with Gasteiger partial charge in [0.15, 0.2) is 9.84 Å². The van der Waals surface area contributed by atoms with Gasteiger partial charge in [-0.2, -0.15) is 0 Å². The Balaban J connectivity index is 3.15. The first-order chi connectivity index (χ1) is 8.01. The first-order valence-corrected chi connectivity index (χ1v) is 6.83. The molecule has 0 bridgehead atoms. The summed E-state index contributed by atoms with van der Waals surface area (Å²) in [5.41, 5.74) is 11.7. The normalized spacial score (nSPS) is 11.4. The largest absolute Gasteiger partial charge is 0.399 e. The zero-order valence-corrected chi connectivity index (χ0v) is 10.2. The molecule has 0 heterocycles. The zero-order valence-electron chi connectivity index (χ0n) is 9.39. The Bertz CT molecular complexity index is 474. The summed E-state index contributed by atoms with van der Waals surface area (Å²) in [7, 11) is -3.53. The highest BCUT2D eigenvalue weighted by molar-refractivity contribution is 7.91. The van der Waals surface area contributed by atoms with Crippen molar-refractivity contribution in [2.45, 2.75) is 4.90 Å². The first-order valence-electron chi connectivity index (χ1n) is 5.18. The summed E-state index contributed by atoms with van der Waals surface area (Å²) in [5, 5.41) is 11.7. The Morgan fingerprint density at radius 3 is 2.65 bits per heavy atom. The van der Waals surface area contributed by atoms with Crippen molar-refractivity contribution >= 4 is 21.2 Å². The molecule has 1 aromatic rings. The number of aliphatic hydroxyl groups excluding tert-OH is 1. The molecule has 96 valence electrons. The van der Waals surface area contributed by atoms with Crippen molar-refractivity contribution in [1.82, 2.24) is 0 Å². The number of anilines is 2. The minimum atomic E-state index is -3.53. The standard InChI is InChI=1S/C10H17N3O3S/c11-3-4-13-9-2-1-8(12)7-10(9)17(15,16)6-5-14/h1-2,7,13-14H,3-6,11-12H2. The third kappa shape index (κ3) is 3.58. The Labute approximate surface area is 101 Å². The molecule has 0 aromatic heterocycles. The number of nitrogens with two attached hydrogens (primary N) is 2. The molecule has 0 fully saturated rings. The van der Waals surface area contributed by atoms with Gasteiger partial charge in [-0.3, -0.25) is 0 Å². The predicted molar refractivity (Wildman–Crippen MR) is 67.5 cm³/mol. The first kappa shape index (κ1) is 13.8. The van der Waals surface area contributed by atoms with E-state index in [4.69, 9.17) is 16.6 Å². The number of aliphatic hydroxyl groups is 1. The molecule has 0 aliphatic rings. The number of nitrogens with one attached hydrogen (secondary N) is 1. The van der Waals surface area contributed by atoms with E-state index in [1.54, 1.807) is 12.1 Å². The third-order valence-corrected chi connectivity index (χ3v) is 3.89. The van der Waals surface area contributed by atoms with Gasteiger partial charge >= 0.3 is 0 Å². The smallest absolute Gasteiger partial charge is 0.182 e. The van der Waals surface area contributed by atoms with Crippen LogP contribution in [0.1, 0.15) is 0 Å². The Kier molecular flexibility index (Phi) is 4.73. The van der Waals surface area contributed by atoms with Crippen LogP contribution in [0.25, 0.3) is 0 Å². The average molecular weight is 259 g/mol. The fourth-order valence-electron chi connectivity index (χ4n) is 1.38. The van der Waals surface area contributed by atoms with Crippen molar-refractivity contribution < 1.29 is 13.5 Å². The van der Waals surface area contributed by atoms with E-state index in [1.807, 2.05) is 0 Å². The number of hydrogen-bond acceptors (Lipinski definition) is 6. The van der Waals surface area contributed by atoms with E-state index in [0.717, 1.165) is 0 Å². The third-order valence-electron chi connectivity index (χ3n) is 2.16. The molecule has 0 aliphatic carbocycles. The molecule has 7 heteroatoms. The molecule has 1 rings (SSSR count). The predicted octanol–water partition coefficient (Wildman–Crippen LogP) is -0.595. The number of nitrogen functional groups attached to an aromatic ring is 1. The summed E-state index contributed by atoms with van der Waals surface area (Å²) in [6.07, 6.45) is 0. The summed E-state index contributed by atoms with van der Waals surface area (Å²) in [5.74, 6) is -0.326. The van der Waals surface area contributed by atoms with Gasteiger partial charge in [0.1, 0.15) is 0 Å². The molecule has 0 aliphatic heterocycles. The summed E-state index contributed by atoms with van der Waals surface area (Å²) < 4.78 is 23.8. The molecular formula is C10H17N3O3S. The van der Waals surface area contributed by atoms with Crippen molar-refractivity contribution in [3.05, 3.63) is 18.2 Å². The fraction of sp³-hybridized carbons (Fsp3) is 0.400. The maximum atomic E-state index is 11.9. The lowest BCUT2D eigenvalue weighted by Gasteiger charge is -2.12. The second kappa shape index (κ2) is 5.85. The van der Waals surface area contributed by atoms with Crippen LogP contribution in [0.5, 0.6) is 0 Å². The topological polar surface area (TPSA) is 118 Å². The second-order valence-corrected chi connectivity index (χ2v) is 5.59. The second-order valence-electron chi connectivity index (χ2n) is 3.51. The van der Waals surface area contributed by atoms with E-state index in [1.165, 1.54) is 6.07 Å². The molecule has 6 nitrogen and oxygen atoms in total. The van der Waals surface area contributed by atoms with E-state index >= 15 is 0 Å². The maximum Gasteiger partial charge on any atom is 0.182 e. The highest BCUT2D eigenvalue weighted by Crippen LogP contribution is 2.24. The summed E-state index contributed by atoms with van der Waals surface area (Å²) in [6.45, 7) is 0.433. The molecule has 0 saturated carbocycles. The Hall–Kier alpha value is -1.31. The van der Waals surface area contributed by atoms with Crippen molar-refractivity contribution in [1.29, 1.82) is 0 Å². The molecule has 1 aromatic carbocycles. The van der Waals surface area contributed by atoms with E-state index < -0.39 is 16.4 Å². The minimum Gasteiger partial charge on any atom is -0.399 e. The molecule has 6 N–H and O–H groups in total. The fourth-order valence-corrected chi connectivity index (χ4v) is 2.63. The van der Waals surface area contributed by atoms with Crippen LogP contribution in [0.2, 0.25) is 0 Å². The molecule has 0 radical (unpaired) electrons. The van der Waals surface area contributed by atoms with E-state index in [-0.39, 0.29) is 10.6 Å². The van der Waals surface area contributed by atoms with Gasteiger partial charge in [0.2, 0.25) is 0 Å². The Morgan fingerprint density at radius 2 is 2.06 bits per heavy atom. The van der Waals surface area contributed by atoms with Crippen LogP contribution in [0.15, 0.2) is 23.1 Å². The van der Waals surface area contributed by atoms with Crippen LogP contribution in [0.3, 0.4) is 0 Å². The van der Waals surface area contributed by atoms with Gasteiger partial charge in [0.05, 0.1) is 22.9 Å². The monoisotopic (exact) mass is 259 g/mol. The van der Waals surface area contributed by atoms with Crippen LogP contribution >= 0.6 is 0 Å². The lowest BCUT2D eigenvalue weighted by atomic mass is 10.3. The van der Waals surface area contributed by atoms with Gasteiger partial charge in [0.25, 0.3) is 0 Å². The van der Waals surface area contributed by atoms with Gasteiger partial charge in [0, 0.05) is 18.8 Å². The van der Waals surface area contributed by atoms with Crippen molar-refractivity contribution in [2.75, 3.05) is 36.5 Å². The minimum absolute atomic E-state index is 0.0972. The number of rotatable bonds is 6. The van der Waals surface area contributed by atoms with E-state index in [9.17, 15) is 8.42 Å². The van der Waals surface area contributed by atoms with Gasteiger partial charge < -0.3 is 21.9 Å². The SMILES string of the molecule is NCCNc1ccc(N)cc1S(=O)(=O)CCO. The van der Waals surface area contributed by atoms with Gasteiger partial charge in [-0.25, -0.2) is 8.42 Å². The number of sulfone groups is 1. The van der Waals surface area contributed by atoms with Gasteiger partial charge in [-0.05, 0) is 18.2 Å². The molecular weight excluding hydrogens is 242 g/mol. The van der Waals surface area contributed by atoms with Crippen LogP contribution in [-0.4, -0.2) is 39.0 Å². The van der Waals surface area contributed by atoms with Crippen LogP contribution < -0.4 is 16.8 Å². The number of hydrogen-bond donors (Lipinski definition) is 4. The molecule has 0 spiro atoms. The lowest BCUT2D eigenvalue weighted by Crippen LogP contribution is -2.17. The lowest BCUT2D eigenvalue weighted by molar-refractivity contribution is 0.319. The van der Waals surface area contributed by atoms with Crippen LogP contribution in [0.4, 0.5) is 11.4 Å². The molecule has 0 amide bonds. The average Bonchev–Trinajstić information content (AvgIpc) is 2.27. The van der Waals surface area contributed by atoms with Crippen molar-refractivity contribution in [3.8, 4) is 0 Å². The van der Waals surface area contributed by atoms with Crippen molar-refractivity contribution in [2.24, 2.45) is 5.73 Å². The van der Waals surface area contributed by atoms with Gasteiger partial charge in [-0.15, -0.1) is 0 Å². The van der Waals surface area contributed by atoms with Gasteiger partial charge in [-0.1, -0.05) is 0 Å². The van der Waals surface area contributed by atoms with Crippen molar-refractivity contribution in [3.63, 3.8) is 0 Å². The highest BCUT2D eigenvalue weighted by Gasteiger charge is 2.18. The van der Waals surface area contributed by atoms with Crippen LogP contribution in [-0.2, 0) is 9.84 Å². The summed E-state index contributed by atoms with van der Waals surface area (Å²) >= 11 is 0. The molecule has 0 unspecified atom stereocenters. The quantitative estimate of drug-likeness (QED) is 0.507. The molecule has 0 saturated heterocycles. The number of benzene rings is 1. The summed E-state index contributed by atoms with van der Waals surface area (Å²) in [6, 6.07) is 4.58. The van der Waals surface area contributed by atoms with Crippen LogP contribution in [0, 0.1) is 0 Å². The molecule has 17 heavy (non-hydrogen) atoms.